The van der Waals surface area contributed by atoms with Crippen molar-refractivity contribution in [1.82, 2.24) is 15.0 Å². The number of nitrogens with one attached hydrogen (secondary N) is 3. The number of hydrogen-bond acceptors (Lipinski definition) is 4. The third kappa shape index (κ3) is 5.05. The Labute approximate surface area is 159 Å². The number of rotatable bonds is 8. The number of carbonyl (C=O) groups excluding carboxylic acids is 2. The van der Waals surface area contributed by atoms with E-state index in [1.54, 1.807) is 38.1 Å². The number of aryl methyl sites for hydroxylation is 2. The molecule has 0 unspecified atom stereocenters. The Kier molecular flexibility index (Phi) is 6.56. The summed E-state index contributed by atoms with van der Waals surface area (Å²) in [6, 6.07) is 6.60. The molecular weight excluding hydrogens is 366 g/mol. The molecule has 2 aromatic rings. The van der Waals surface area contributed by atoms with Gasteiger partial charge in [0.05, 0.1) is 16.2 Å². The van der Waals surface area contributed by atoms with Gasteiger partial charge in [-0.15, -0.1) is 0 Å². The lowest BCUT2D eigenvalue weighted by molar-refractivity contribution is 0.0952. The molecule has 1 aromatic heterocycles. The average molecular weight is 391 g/mol. The maximum Gasteiger partial charge on any atom is 0.253 e. The summed E-state index contributed by atoms with van der Waals surface area (Å²) in [5.74, 6) is -0.407. The second kappa shape index (κ2) is 8.49. The van der Waals surface area contributed by atoms with Crippen LogP contribution in [0.2, 0.25) is 0 Å². The summed E-state index contributed by atoms with van der Waals surface area (Å²) >= 11 is 0. The molecule has 3 N–H and O–H groups in total. The molecule has 146 valence electrons. The van der Waals surface area contributed by atoms with Gasteiger partial charge < -0.3 is 10.3 Å². The highest BCUT2D eigenvalue weighted by Gasteiger charge is 2.19. The Balaban J connectivity index is 1.86. The van der Waals surface area contributed by atoms with Crippen LogP contribution < -0.4 is 10.0 Å². The zero-order valence-corrected chi connectivity index (χ0v) is 16.8. The topological polar surface area (TPSA) is 108 Å². The van der Waals surface area contributed by atoms with Crippen molar-refractivity contribution in [1.29, 1.82) is 0 Å². The summed E-state index contributed by atoms with van der Waals surface area (Å²) in [6.07, 6.45) is 0.443. The molecule has 1 amide bonds. The number of sulfonamides is 1. The minimum Gasteiger partial charge on any atom is -0.355 e. The summed E-state index contributed by atoms with van der Waals surface area (Å²) in [4.78, 5) is 27.1. The first kappa shape index (κ1) is 20.9. The van der Waals surface area contributed by atoms with E-state index in [4.69, 9.17) is 0 Å². The second-order valence-corrected chi connectivity index (χ2v) is 8.27. The van der Waals surface area contributed by atoms with E-state index in [2.05, 4.69) is 15.0 Å². The zero-order chi connectivity index (χ0) is 20.2. The normalized spacial score (nSPS) is 11.4. The van der Waals surface area contributed by atoms with Gasteiger partial charge >= 0.3 is 0 Å². The monoisotopic (exact) mass is 391 g/mol. The molecule has 2 rings (SSSR count). The molecule has 1 heterocycles. The van der Waals surface area contributed by atoms with Gasteiger partial charge in [-0.05, 0) is 44.9 Å². The number of ketones is 1. The van der Waals surface area contributed by atoms with Gasteiger partial charge in [0.2, 0.25) is 10.0 Å². The molecule has 0 aliphatic heterocycles. The van der Waals surface area contributed by atoms with E-state index in [-0.39, 0.29) is 23.1 Å². The van der Waals surface area contributed by atoms with Crippen LogP contribution in [0, 0.1) is 20.8 Å². The van der Waals surface area contributed by atoms with Gasteiger partial charge in [0.25, 0.3) is 5.91 Å². The molecule has 0 spiro atoms. The summed E-state index contributed by atoms with van der Waals surface area (Å²) in [5.41, 5.74) is 3.14. The Hall–Kier alpha value is -2.45. The van der Waals surface area contributed by atoms with Crippen LogP contribution in [0.15, 0.2) is 29.2 Å². The molecule has 0 radical (unpaired) electrons. The highest BCUT2D eigenvalue weighted by molar-refractivity contribution is 7.89. The molecule has 7 nitrogen and oxygen atoms in total. The predicted octanol–water partition coefficient (Wildman–Crippen LogP) is 2.24. The maximum atomic E-state index is 12.4. The largest absolute Gasteiger partial charge is 0.355 e. The fraction of sp³-hybridized carbons (Fsp3) is 0.368. The molecule has 0 fully saturated rings. The molecular formula is C19H25N3O4S. The van der Waals surface area contributed by atoms with Crippen molar-refractivity contribution in [3.05, 3.63) is 52.3 Å². The van der Waals surface area contributed by atoms with E-state index in [0.717, 1.165) is 5.56 Å². The molecule has 0 aliphatic rings. The minimum absolute atomic E-state index is 0.125. The van der Waals surface area contributed by atoms with Gasteiger partial charge in [-0.2, -0.15) is 0 Å². The molecule has 8 heteroatoms. The lowest BCUT2D eigenvalue weighted by Gasteiger charge is -2.08. The van der Waals surface area contributed by atoms with Gasteiger partial charge in [-0.25, -0.2) is 13.1 Å². The molecule has 1 aromatic carbocycles. The number of Topliss-reactive ketones (excluding diaryl/α,β-unsaturated/α-hetero) is 1. The fourth-order valence-electron chi connectivity index (χ4n) is 2.83. The Morgan fingerprint density at radius 3 is 2.22 bits per heavy atom. The maximum absolute atomic E-state index is 12.4. The number of hydrogen-bond donors (Lipinski definition) is 3. The Bertz CT molecular complexity index is 944. The smallest absolute Gasteiger partial charge is 0.253 e. The van der Waals surface area contributed by atoms with E-state index < -0.39 is 10.0 Å². The molecule has 0 bridgehead atoms. The molecule has 0 saturated heterocycles. The van der Waals surface area contributed by atoms with Crippen molar-refractivity contribution >= 4 is 21.7 Å². The van der Waals surface area contributed by atoms with Crippen molar-refractivity contribution in [2.24, 2.45) is 0 Å². The van der Waals surface area contributed by atoms with Crippen molar-refractivity contribution in [3.8, 4) is 0 Å². The van der Waals surface area contributed by atoms with Gasteiger partial charge in [-0.1, -0.05) is 17.7 Å². The van der Waals surface area contributed by atoms with Crippen LogP contribution in [0.4, 0.5) is 0 Å². The van der Waals surface area contributed by atoms with Crippen LogP contribution in [0.1, 0.15) is 51.0 Å². The molecule has 0 aliphatic carbocycles. The summed E-state index contributed by atoms with van der Waals surface area (Å²) in [5, 5.41) is 2.76. The SMILES string of the molecule is CC(=O)c1[nH]c(C)c(C(=O)NCCCNS(=O)(=O)c2ccc(C)cc2)c1C. The highest BCUT2D eigenvalue weighted by Crippen LogP contribution is 2.18. The Morgan fingerprint density at radius 2 is 1.67 bits per heavy atom. The number of aromatic nitrogens is 1. The third-order valence-corrected chi connectivity index (χ3v) is 5.76. The summed E-state index contributed by atoms with van der Waals surface area (Å²) in [6.45, 7) is 7.32. The van der Waals surface area contributed by atoms with E-state index >= 15 is 0 Å². The molecule has 0 saturated carbocycles. The van der Waals surface area contributed by atoms with Gasteiger partial charge in [0, 0.05) is 25.7 Å². The first-order chi connectivity index (χ1) is 12.6. The lowest BCUT2D eigenvalue weighted by atomic mass is 10.1. The zero-order valence-electron chi connectivity index (χ0n) is 16.0. The first-order valence-electron chi connectivity index (χ1n) is 8.68. The van der Waals surface area contributed by atoms with Gasteiger partial charge in [0.15, 0.2) is 5.78 Å². The molecule has 0 atom stereocenters. The van der Waals surface area contributed by atoms with Crippen LogP contribution in [0.5, 0.6) is 0 Å². The number of H-pyrrole nitrogens is 1. The van der Waals surface area contributed by atoms with Crippen LogP contribution in [0.3, 0.4) is 0 Å². The first-order valence-corrected chi connectivity index (χ1v) is 10.2. The third-order valence-electron chi connectivity index (χ3n) is 4.28. The number of benzene rings is 1. The molecule has 27 heavy (non-hydrogen) atoms. The van der Waals surface area contributed by atoms with Crippen molar-refractivity contribution in [2.75, 3.05) is 13.1 Å². The average Bonchev–Trinajstić information content (AvgIpc) is 2.89. The van der Waals surface area contributed by atoms with Gasteiger partial charge in [-0.3, -0.25) is 9.59 Å². The lowest BCUT2D eigenvalue weighted by Crippen LogP contribution is -2.30. The minimum atomic E-state index is -3.55. The fourth-order valence-corrected chi connectivity index (χ4v) is 3.90. The van der Waals surface area contributed by atoms with Crippen molar-refractivity contribution in [2.45, 2.75) is 39.0 Å². The van der Waals surface area contributed by atoms with Crippen molar-refractivity contribution in [3.63, 3.8) is 0 Å². The van der Waals surface area contributed by atoms with E-state index in [1.807, 2.05) is 6.92 Å². The summed E-state index contributed by atoms with van der Waals surface area (Å²) < 4.78 is 26.9. The van der Waals surface area contributed by atoms with Gasteiger partial charge in [0.1, 0.15) is 0 Å². The van der Waals surface area contributed by atoms with E-state index in [1.165, 1.54) is 6.92 Å². The quantitative estimate of drug-likeness (QED) is 0.474. The van der Waals surface area contributed by atoms with Crippen LogP contribution in [-0.2, 0) is 10.0 Å². The van der Waals surface area contributed by atoms with E-state index in [9.17, 15) is 18.0 Å². The Morgan fingerprint density at radius 1 is 1.04 bits per heavy atom. The van der Waals surface area contributed by atoms with Crippen LogP contribution in [0.25, 0.3) is 0 Å². The van der Waals surface area contributed by atoms with E-state index in [0.29, 0.717) is 35.5 Å². The van der Waals surface area contributed by atoms with Crippen LogP contribution >= 0.6 is 0 Å². The second-order valence-electron chi connectivity index (χ2n) is 6.50. The van der Waals surface area contributed by atoms with Crippen LogP contribution in [-0.4, -0.2) is 38.2 Å². The number of aromatic amines is 1. The predicted molar refractivity (Wildman–Crippen MR) is 104 cm³/mol. The number of amides is 1. The standard InChI is InChI=1S/C19H25N3O4S/c1-12-6-8-16(9-7-12)27(25,26)21-11-5-10-20-19(24)17-13(2)18(15(4)23)22-14(17)3/h6-9,21-22H,5,10-11H2,1-4H3,(H,20,24). The summed E-state index contributed by atoms with van der Waals surface area (Å²) in [7, 11) is -3.55. The van der Waals surface area contributed by atoms with Crippen molar-refractivity contribution < 1.29 is 18.0 Å². The number of carbonyl (C=O) groups is 2. The highest BCUT2D eigenvalue weighted by atomic mass is 32.2.